The van der Waals surface area contributed by atoms with Gasteiger partial charge in [0, 0.05) is 31.2 Å². The van der Waals surface area contributed by atoms with Gasteiger partial charge in [-0.15, -0.1) is 0 Å². The lowest BCUT2D eigenvalue weighted by atomic mass is 10.2. The summed E-state index contributed by atoms with van der Waals surface area (Å²) in [6, 6.07) is 13.7. The van der Waals surface area contributed by atoms with E-state index in [1.807, 2.05) is 11.9 Å². The molecule has 174 valence electrons. The quantitative estimate of drug-likeness (QED) is 0.558. The second-order valence-electron chi connectivity index (χ2n) is 7.48. The van der Waals surface area contributed by atoms with Gasteiger partial charge in [-0.25, -0.2) is 8.42 Å². The standard InChI is InChI=1S/C22H28ClN3O5S/c1-25(10-15-31-20-6-4-19(23)5-7-20)17-22(27)24-16-18-2-8-21(9-3-18)32(28,29)26-11-13-30-14-12-26/h2-9H,10-17H2,1H3,(H,24,27). The van der Waals surface area contributed by atoms with E-state index in [1.54, 1.807) is 48.5 Å². The van der Waals surface area contributed by atoms with Gasteiger partial charge in [-0.05, 0) is 49.0 Å². The Morgan fingerprint density at radius 2 is 1.78 bits per heavy atom. The number of hydrogen-bond acceptors (Lipinski definition) is 6. The van der Waals surface area contributed by atoms with Crippen molar-refractivity contribution >= 4 is 27.5 Å². The van der Waals surface area contributed by atoms with Crippen LogP contribution in [0.15, 0.2) is 53.4 Å². The van der Waals surface area contributed by atoms with Gasteiger partial charge >= 0.3 is 0 Å². The van der Waals surface area contributed by atoms with Crippen LogP contribution in [0.25, 0.3) is 0 Å². The number of morpholine rings is 1. The third-order valence-electron chi connectivity index (χ3n) is 4.99. The van der Waals surface area contributed by atoms with Crippen molar-refractivity contribution in [3.8, 4) is 5.75 Å². The maximum Gasteiger partial charge on any atom is 0.243 e. The summed E-state index contributed by atoms with van der Waals surface area (Å²) in [4.78, 5) is 14.3. The number of carbonyl (C=O) groups excluding carboxylic acids is 1. The first-order valence-corrected chi connectivity index (χ1v) is 12.2. The molecule has 2 aromatic rings. The second kappa shape index (κ2) is 11.6. The molecule has 0 unspecified atom stereocenters. The average Bonchev–Trinajstić information content (AvgIpc) is 2.80. The van der Waals surface area contributed by atoms with Gasteiger partial charge in [0.15, 0.2) is 0 Å². The molecule has 0 bridgehead atoms. The van der Waals surface area contributed by atoms with Crippen molar-refractivity contribution in [2.45, 2.75) is 11.4 Å². The summed E-state index contributed by atoms with van der Waals surface area (Å²) < 4.78 is 37.6. The molecule has 0 aromatic heterocycles. The molecule has 0 atom stereocenters. The Labute approximate surface area is 194 Å². The van der Waals surface area contributed by atoms with Crippen LogP contribution in [0, 0.1) is 0 Å². The largest absolute Gasteiger partial charge is 0.492 e. The predicted molar refractivity (Wildman–Crippen MR) is 122 cm³/mol. The van der Waals surface area contributed by atoms with Crippen LogP contribution in [0.3, 0.4) is 0 Å². The third-order valence-corrected chi connectivity index (χ3v) is 7.15. The van der Waals surface area contributed by atoms with Crippen LogP contribution in [0.1, 0.15) is 5.56 Å². The number of carbonyl (C=O) groups is 1. The molecule has 2 aromatic carbocycles. The fourth-order valence-electron chi connectivity index (χ4n) is 3.15. The van der Waals surface area contributed by atoms with Crippen LogP contribution >= 0.6 is 11.6 Å². The number of rotatable bonds is 10. The molecule has 1 aliphatic rings. The van der Waals surface area contributed by atoms with Crippen molar-refractivity contribution in [2.24, 2.45) is 0 Å². The SMILES string of the molecule is CN(CCOc1ccc(Cl)cc1)CC(=O)NCc1ccc(S(=O)(=O)N2CCOCC2)cc1. The van der Waals surface area contributed by atoms with Gasteiger partial charge in [-0.2, -0.15) is 4.31 Å². The zero-order valence-corrected chi connectivity index (χ0v) is 19.6. The Bertz CT molecular complexity index is 978. The van der Waals surface area contributed by atoms with E-state index in [1.165, 1.54) is 4.31 Å². The summed E-state index contributed by atoms with van der Waals surface area (Å²) in [6.07, 6.45) is 0. The fourth-order valence-corrected chi connectivity index (χ4v) is 4.68. The Kier molecular flexibility index (Phi) is 8.89. The van der Waals surface area contributed by atoms with Crippen LogP contribution in [0.5, 0.6) is 5.75 Å². The van der Waals surface area contributed by atoms with Crippen molar-refractivity contribution < 1.29 is 22.7 Å². The predicted octanol–water partition coefficient (Wildman–Crippen LogP) is 1.99. The molecule has 32 heavy (non-hydrogen) atoms. The molecule has 1 fully saturated rings. The minimum absolute atomic E-state index is 0.121. The lowest BCUT2D eigenvalue weighted by molar-refractivity contribution is -0.122. The highest BCUT2D eigenvalue weighted by molar-refractivity contribution is 7.89. The summed E-state index contributed by atoms with van der Waals surface area (Å²) >= 11 is 5.85. The number of amides is 1. The zero-order valence-electron chi connectivity index (χ0n) is 18.0. The highest BCUT2D eigenvalue weighted by atomic mass is 35.5. The van der Waals surface area contributed by atoms with E-state index in [-0.39, 0.29) is 17.3 Å². The lowest BCUT2D eigenvalue weighted by Gasteiger charge is -2.26. The van der Waals surface area contributed by atoms with Crippen LogP contribution in [0.2, 0.25) is 5.02 Å². The smallest absolute Gasteiger partial charge is 0.243 e. The number of sulfonamides is 1. The van der Waals surface area contributed by atoms with Gasteiger partial charge in [-0.3, -0.25) is 9.69 Å². The van der Waals surface area contributed by atoms with E-state index in [2.05, 4.69) is 5.32 Å². The molecule has 0 saturated carbocycles. The first-order chi connectivity index (χ1) is 15.3. The number of nitrogens with zero attached hydrogens (tertiary/aromatic N) is 2. The minimum Gasteiger partial charge on any atom is -0.492 e. The molecule has 0 aliphatic carbocycles. The van der Waals surface area contributed by atoms with Crippen molar-refractivity contribution in [1.29, 1.82) is 0 Å². The highest BCUT2D eigenvalue weighted by Crippen LogP contribution is 2.18. The molecule has 1 heterocycles. The van der Waals surface area contributed by atoms with Crippen molar-refractivity contribution in [1.82, 2.24) is 14.5 Å². The molecule has 0 spiro atoms. The van der Waals surface area contributed by atoms with E-state index < -0.39 is 10.0 Å². The molecule has 10 heteroatoms. The number of hydrogen-bond donors (Lipinski definition) is 1. The molecule has 1 amide bonds. The van der Waals surface area contributed by atoms with Crippen LogP contribution < -0.4 is 10.1 Å². The molecule has 1 aliphatic heterocycles. The van der Waals surface area contributed by atoms with Crippen molar-refractivity contribution in [3.05, 3.63) is 59.1 Å². The van der Waals surface area contributed by atoms with E-state index in [0.29, 0.717) is 51.0 Å². The Morgan fingerprint density at radius 1 is 1.12 bits per heavy atom. The van der Waals surface area contributed by atoms with E-state index in [4.69, 9.17) is 21.1 Å². The minimum atomic E-state index is -3.52. The number of halogens is 1. The molecular weight excluding hydrogens is 454 g/mol. The number of ether oxygens (including phenoxy) is 2. The zero-order chi connectivity index (χ0) is 23.0. The summed E-state index contributed by atoms with van der Waals surface area (Å²) in [5.41, 5.74) is 0.827. The van der Waals surface area contributed by atoms with Gasteiger partial charge in [0.05, 0.1) is 24.7 Å². The first kappa shape index (κ1) is 24.5. The first-order valence-electron chi connectivity index (χ1n) is 10.3. The van der Waals surface area contributed by atoms with Crippen LogP contribution in [-0.2, 0) is 26.1 Å². The second-order valence-corrected chi connectivity index (χ2v) is 9.85. The monoisotopic (exact) mass is 481 g/mol. The Hall–Kier alpha value is -2.17. The summed E-state index contributed by atoms with van der Waals surface area (Å²) in [5.74, 6) is 0.607. The van der Waals surface area contributed by atoms with Gasteiger partial charge in [-0.1, -0.05) is 23.7 Å². The number of benzene rings is 2. The highest BCUT2D eigenvalue weighted by Gasteiger charge is 2.26. The number of nitrogens with one attached hydrogen (secondary N) is 1. The van der Waals surface area contributed by atoms with E-state index >= 15 is 0 Å². The topological polar surface area (TPSA) is 88.2 Å². The Balaban J connectivity index is 1.39. The molecular formula is C22H28ClN3O5S. The maximum atomic E-state index is 12.7. The van der Waals surface area contributed by atoms with Crippen molar-refractivity contribution in [3.63, 3.8) is 0 Å². The van der Waals surface area contributed by atoms with Gasteiger partial charge in [0.2, 0.25) is 15.9 Å². The average molecular weight is 482 g/mol. The summed E-state index contributed by atoms with van der Waals surface area (Å²) in [6.45, 7) is 3.13. The van der Waals surface area contributed by atoms with Gasteiger partial charge < -0.3 is 14.8 Å². The molecule has 3 rings (SSSR count). The normalized spacial score (nSPS) is 15.0. The van der Waals surface area contributed by atoms with Crippen LogP contribution in [0.4, 0.5) is 0 Å². The molecule has 1 saturated heterocycles. The van der Waals surface area contributed by atoms with Gasteiger partial charge in [0.25, 0.3) is 0 Å². The molecule has 0 radical (unpaired) electrons. The number of likely N-dealkylation sites (N-methyl/N-ethyl adjacent to an activating group) is 1. The fraction of sp³-hybridized carbons (Fsp3) is 0.409. The Morgan fingerprint density at radius 3 is 2.44 bits per heavy atom. The van der Waals surface area contributed by atoms with E-state index in [9.17, 15) is 13.2 Å². The maximum absolute atomic E-state index is 12.7. The molecule has 8 nitrogen and oxygen atoms in total. The van der Waals surface area contributed by atoms with E-state index in [0.717, 1.165) is 11.3 Å². The third kappa shape index (κ3) is 7.18. The summed E-state index contributed by atoms with van der Waals surface area (Å²) in [7, 11) is -1.67. The molecule has 1 N–H and O–H groups in total. The van der Waals surface area contributed by atoms with Gasteiger partial charge in [0.1, 0.15) is 12.4 Å². The lowest BCUT2D eigenvalue weighted by Crippen LogP contribution is -2.40. The summed E-state index contributed by atoms with van der Waals surface area (Å²) in [5, 5.41) is 3.51. The van der Waals surface area contributed by atoms with Crippen molar-refractivity contribution in [2.75, 3.05) is 53.0 Å². The van der Waals surface area contributed by atoms with Crippen LogP contribution in [-0.4, -0.2) is 76.6 Å².